The predicted octanol–water partition coefficient (Wildman–Crippen LogP) is 2.08. The molecule has 0 aliphatic heterocycles. The normalized spacial score (nSPS) is 11.3. The molecule has 0 aliphatic carbocycles. The lowest BCUT2D eigenvalue weighted by Gasteiger charge is -2.08. The van der Waals surface area contributed by atoms with Crippen LogP contribution in [0.4, 0.5) is 13.2 Å². The highest BCUT2D eigenvalue weighted by Gasteiger charge is 2.30. The van der Waals surface area contributed by atoms with E-state index in [0.29, 0.717) is 13.2 Å². The molecule has 94 valence electrons. The topological polar surface area (TPSA) is 38.3 Å². The standard InChI is InChI=1S/C11H12F3NO2/c1-17-7-6-15-10(16)8-2-4-9(5-3-8)11(12,13)14/h2-5H,6-7H2,1H3,(H,15,16). The van der Waals surface area contributed by atoms with Crippen LogP contribution in [0.2, 0.25) is 0 Å². The fraction of sp³-hybridized carbons (Fsp3) is 0.364. The van der Waals surface area contributed by atoms with Gasteiger partial charge in [-0.3, -0.25) is 4.79 Å². The molecule has 0 atom stereocenters. The zero-order chi connectivity index (χ0) is 12.9. The first kappa shape index (κ1) is 13.5. The van der Waals surface area contributed by atoms with E-state index in [1.54, 1.807) is 0 Å². The number of rotatable bonds is 4. The molecule has 0 bridgehead atoms. The number of ether oxygens (including phenoxy) is 1. The Kier molecular flexibility index (Phi) is 4.51. The van der Waals surface area contributed by atoms with E-state index in [4.69, 9.17) is 4.74 Å². The quantitative estimate of drug-likeness (QED) is 0.827. The van der Waals surface area contributed by atoms with Crippen molar-refractivity contribution in [1.82, 2.24) is 5.32 Å². The molecule has 0 unspecified atom stereocenters. The highest BCUT2D eigenvalue weighted by atomic mass is 19.4. The summed E-state index contributed by atoms with van der Waals surface area (Å²) in [6.07, 6.45) is -4.38. The van der Waals surface area contributed by atoms with Crippen molar-refractivity contribution in [1.29, 1.82) is 0 Å². The van der Waals surface area contributed by atoms with Crippen LogP contribution < -0.4 is 5.32 Å². The monoisotopic (exact) mass is 247 g/mol. The molecule has 0 heterocycles. The number of benzene rings is 1. The van der Waals surface area contributed by atoms with Crippen LogP contribution in [-0.2, 0) is 10.9 Å². The minimum atomic E-state index is -4.38. The molecule has 0 saturated heterocycles. The Morgan fingerprint density at radius 1 is 1.29 bits per heavy atom. The van der Waals surface area contributed by atoms with Gasteiger partial charge in [-0.25, -0.2) is 0 Å². The van der Waals surface area contributed by atoms with Gasteiger partial charge in [0.25, 0.3) is 5.91 Å². The summed E-state index contributed by atoms with van der Waals surface area (Å²) in [6, 6.07) is 4.05. The van der Waals surface area contributed by atoms with Crippen LogP contribution in [0.25, 0.3) is 0 Å². The molecule has 0 radical (unpaired) electrons. The maximum absolute atomic E-state index is 12.3. The van der Waals surface area contributed by atoms with Crippen molar-refractivity contribution < 1.29 is 22.7 Å². The fourth-order valence-corrected chi connectivity index (χ4v) is 1.18. The average Bonchev–Trinajstić information content (AvgIpc) is 2.28. The largest absolute Gasteiger partial charge is 0.416 e. The Balaban J connectivity index is 2.64. The number of alkyl halides is 3. The van der Waals surface area contributed by atoms with Crippen LogP contribution in [0.5, 0.6) is 0 Å². The molecule has 0 aromatic heterocycles. The second-order valence-corrected chi connectivity index (χ2v) is 3.32. The maximum atomic E-state index is 12.3. The van der Waals surface area contributed by atoms with Crippen LogP contribution in [0.1, 0.15) is 15.9 Å². The lowest BCUT2D eigenvalue weighted by molar-refractivity contribution is -0.137. The Labute approximate surface area is 96.6 Å². The maximum Gasteiger partial charge on any atom is 0.416 e. The van der Waals surface area contributed by atoms with E-state index in [-0.39, 0.29) is 5.56 Å². The molecule has 0 saturated carbocycles. The number of nitrogens with one attached hydrogen (secondary N) is 1. The van der Waals surface area contributed by atoms with Crippen molar-refractivity contribution >= 4 is 5.91 Å². The second kappa shape index (κ2) is 5.67. The molecule has 1 aromatic rings. The molecule has 6 heteroatoms. The summed E-state index contributed by atoms with van der Waals surface area (Å²) < 4.78 is 41.5. The Morgan fingerprint density at radius 3 is 2.35 bits per heavy atom. The van der Waals surface area contributed by atoms with Gasteiger partial charge in [0.1, 0.15) is 0 Å². The molecular weight excluding hydrogens is 235 g/mol. The molecule has 3 nitrogen and oxygen atoms in total. The van der Waals surface area contributed by atoms with Crippen LogP contribution in [-0.4, -0.2) is 26.2 Å². The number of hydrogen-bond donors (Lipinski definition) is 1. The van der Waals surface area contributed by atoms with Gasteiger partial charge in [-0.05, 0) is 24.3 Å². The van der Waals surface area contributed by atoms with Gasteiger partial charge in [0.2, 0.25) is 0 Å². The summed E-state index contributed by atoms with van der Waals surface area (Å²) in [5.41, 5.74) is -0.583. The van der Waals surface area contributed by atoms with E-state index in [1.165, 1.54) is 7.11 Å². The zero-order valence-electron chi connectivity index (χ0n) is 9.17. The first-order chi connectivity index (χ1) is 7.95. The SMILES string of the molecule is COCCNC(=O)c1ccc(C(F)(F)F)cc1. The third-order valence-corrected chi connectivity index (χ3v) is 2.07. The van der Waals surface area contributed by atoms with Crippen molar-refractivity contribution in [3.8, 4) is 0 Å². The van der Waals surface area contributed by atoms with Gasteiger partial charge >= 0.3 is 6.18 Å². The Morgan fingerprint density at radius 2 is 1.88 bits per heavy atom. The molecule has 17 heavy (non-hydrogen) atoms. The fourth-order valence-electron chi connectivity index (χ4n) is 1.18. The van der Waals surface area contributed by atoms with E-state index < -0.39 is 17.6 Å². The van der Waals surface area contributed by atoms with Gasteiger partial charge in [-0.1, -0.05) is 0 Å². The summed E-state index contributed by atoms with van der Waals surface area (Å²) in [6.45, 7) is 0.669. The van der Waals surface area contributed by atoms with E-state index in [2.05, 4.69) is 5.32 Å². The van der Waals surface area contributed by atoms with E-state index in [9.17, 15) is 18.0 Å². The molecule has 1 rings (SSSR count). The molecule has 0 fully saturated rings. The first-order valence-electron chi connectivity index (χ1n) is 4.89. The van der Waals surface area contributed by atoms with Gasteiger partial charge in [0, 0.05) is 19.2 Å². The number of methoxy groups -OCH3 is 1. The summed E-state index contributed by atoms with van der Waals surface area (Å²) in [5.74, 6) is -0.421. The number of carbonyl (C=O) groups excluding carboxylic acids is 1. The summed E-state index contributed by atoms with van der Waals surface area (Å²) in [7, 11) is 1.49. The number of amides is 1. The van der Waals surface area contributed by atoms with E-state index in [0.717, 1.165) is 24.3 Å². The molecule has 0 aliphatic rings. The Hall–Kier alpha value is -1.56. The van der Waals surface area contributed by atoms with Gasteiger partial charge in [-0.15, -0.1) is 0 Å². The third kappa shape index (κ3) is 4.07. The number of carbonyl (C=O) groups is 1. The van der Waals surface area contributed by atoms with Crippen molar-refractivity contribution in [3.63, 3.8) is 0 Å². The van der Waals surface area contributed by atoms with Gasteiger partial charge in [0.15, 0.2) is 0 Å². The number of halogens is 3. The molecule has 1 N–H and O–H groups in total. The second-order valence-electron chi connectivity index (χ2n) is 3.32. The minimum absolute atomic E-state index is 0.189. The van der Waals surface area contributed by atoms with Crippen molar-refractivity contribution in [2.45, 2.75) is 6.18 Å². The molecule has 1 aromatic carbocycles. The molecular formula is C11H12F3NO2. The average molecular weight is 247 g/mol. The van der Waals surface area contributed by atoms with E-state index >= 15 is 0 Å². The van der Waals surface area contributed by atoms with Crippen LogP contribution in [0.15, 0.2) is 24.3 Å². The summed E-state index contributed by atoms with van der Waals surface area (Å²) in [4.78, 5) is 11.4. The van der Waals surface area contributed by atoms with Gasteiger partial charge in [-0.2, -0.15) is 13.2 Å². The number of hydrogen-bond acceptors (Lipinski definition) is 2. The highest BCUT2D eigenvalue weighted by Crippen LogP contribution is 2.28. The summed E-state index contributed by atoms with van der Waals surface area (Å²) in [5, 5.41) is 2.51. The van der Waals surface area contributed by atoms with Crippen LogP contribution in [0, 0.1) is 0 Å². The smallest absolute Gasteiger partial charge is 0.383 e. The van der Waals surface area contributed by atoms with Crippen LogP contribution >= 0.6 is 0 Å². The van der Waals surface area contributed by atoms with Crippen molar-refractivity contribution in [3.05, 3.63) is 35.4 Å². The lowest BCUT2D eigenvalue weighted by atomic mass is 10.1. The van der Waals surface area contributed by atoms with E-state index in [1.807, 2.05) is 0 Å². The highest BCUT2D eigenvalue weighted by molar-refractivity contribution is 5.94. The molecule has 1 amide bonds. The first-order valence-corrected chi connectivity index (χ1v) is 4.89. The van der Waals surface area contributed by atoms with Crippen LogP contribution in [0.3, 0.4) is 0 Å². The van der Waals surface area contributed by atoms with Gasteiger partial charge in [0.05, 0.1) is 12.2 Å². The van der Waals surface area contributed by atoms with Crippen molar-refractivity contribution in [2.75, 3.05) is 20.3 Å². The van der Waals surface area contributed by atoms with Gasteiger partial charge < -0.3 is 10.1 Å². The molecule has 0 spiro atoms. The summed E-state index contributed by atoms with van der Waals surface area (Å²) >= 11 is 0. The third-order valence-electron chi connectivity index (χ3n) is 2.07. The zero-order valence-corrected chi connectivity index (χ0v) is 9.17. The lowest BCUT2D eigenvalue weighted by Crippen LogP contribution is -2.26. The Bertz CT molecular complexity index is 373. The predicted molar refractivity (Wildman–Crippen MR) is 55.7 cm³/mol. The minimum Gasteiger partial charge on any atom is -0.383 e. The van der Waals surface area contributed by atoms with Crippen molar-refractivity contribution in [2.24, 2.45) is 0 Å².